The van der Waals surface area contributed by atoms with Crippen LogP contribution in [0.5, 0.6) is 0 Å². The molecule has 0 fully saturated rings. The van der Waals surface area contributed by atoms with Gasteiger partial charge in [0.2, 0.25) is 0 Å². The van der Waals surface area contributed by atoms with Crippen LogP contribution in [0.1, 0.15) is 27.7 Å². The zero-order valence-electron chi connectivity index (χ0n) is 6.96. The van der Waals surface area contributed by atoms with Crippen molar-refractivity contribution in [3.63, 3.8) is 0 Å². The molecule has 0 atom stereocenters. The number of amides is 1. The second kappa shape index (κ2) is 4.14. The second-order valence-corrected chi connectivity index (χ2v) is 2.80. The van der Waals surface area contributed by atoms with Crippen LogP contribution in [0.3, 0.4) is 0 Å². The van der Waals surface area contributed by atoms with Crippen LogP contribution in [0, 0.1) is 5.92 Å². The molecule has 0 N–H and O–H groups in total. The third kappa shape index (κ3) is 4.18. The first-order chi connectivity index (χ1) is 4.54. The molecule has 0 saturated carbocycles. The predicted molar refractivity (Wildman–Crippen MR) is 39.8 cm³/mol. The van der Waals surface area contributed by atoms with Crippen molar-refractivity contribution in [2.45, 2.75) is 33.7 Å². The third-order valence-electron chi connectivity index (χ3n) is 0.881. The van der Waals surface area contributed by atoms with Crippen molar-refractivity contribution < 1.29 is 4.79 Å². The Hall–Kier alpha value is -0.730. The highest BCUT2D eigenvalue weighted by molar-refractivity contribution is 5.78. The maximum absolute atomic E-state index is 10.8. The molecule has 10 heavy (non-hydrogen) atoms. The summed E-state index contributed by atoms with van der Waals surface area (Å²) in [6.45, 7) is 7.39. The first-order valence-corrected chi connectivity index (χ1v) is 3.48. The summed E-state index contributed by atoms with van der Waals surface area (Å²) >= 11 is 0. The lowest BCUT2D eigenvalue weighted by Crippen LogP contribution is -2.02. The van der Waals surface area contributed by atoms with E-state index in [4.69, 9.17) is 0 Å². The molecule has 0 aliphatic rings. The lowest BCUT2D eigenvalue weighted by molar-refractivity contribution is -0.121. The fourth-order valence-corrected chi connectivity index (χ4v) is 0.288. The van der Waals surface area contributed by atoms with Crippen LogP contribution in [-0.2, 0) is 4.79 Å². The predicted octanol–water partition coefficient (Wildman–Crippen LogP) is 2.03. The van der Waals surface area contributed by atoms with Gasteiger partial charge in [-0.1, -0.05) is 13.8 Å². The van der Waals surface area contributed by atoms with Gasteiger partial charge in [-0.05, 0) is 13.8 Å². The van der Waals surface area contributed by atoms with E-state index in [9.17, 15) is 4.79 Å². The fraction of sp³-hybridized carbons (Fsp3) is 0.857. The summed E-state index contributed by atoms with van der Waals surface area (Å²) in [7, 11) is 0. The monoisotopic (exact) mass is 142 g/mol. The van der Waals surface area contributed by atoms with Crippen molar-refractivity contribution in [3.8, 4) is 0 Å². The number of rotatable bonds is 2. The molecule has 0 heterocycles. The first kappa shape index (κ1) is 9.27. The summed E-state index contributed by atoms with van der Waals surface area (Å²) in [6.07, 6.45) is 0. The molecule has 0 bridgehead atoms. The molecule has 3 nitrogen and oxygen atoms in total. The van der Waals surface area contributed by atoms with Gasteiger partial charge < -0.3 is 0 Å². The van der Waals surface area contributed by atoms with Crippen molar-refractivity contribution >= 4 is 5.91 Å². The topological polar surface area (TPSA) is 41.8 Å². The van der Waals surface area contributed by atoms with E-state index in [0.29, 0.717) is 0 Å². The normalized spacial score (nSPS) is 11.8. The van der Waals surface area contributed by atoms with Crippen LogP contribution < -0.4 is 0 Å². The molecule has 0 radical (unpaired) electrons. The number of carbonyl (C=O) groups excluding carboxylic acids is 1. The highest BCUT2D eigenvalue weighted by Gasteiger charge is 2.03. The zero-order chi connectivity index (χ0) is 8.15. The van der Waals surface area contributed by atoms with Gasteiger partial charge in [-0.2, -0.15) is 5.11 Å². The van der Waals surface area contributed by atoms with Gasteiger partial charge in [-0.15, -0.1) is 5.11 Å². The van der Waals surface area contributed by atoms with Crippen LogP contribution in [0.25, 0.3) is 0 Å². The second-order valence-electron chi connectivity index (χ2n) is 2.80. The average Bonchev–Trinajstić information content (AvgIpc) is 1.82. The van der Waals surface area contributed by atoms with Crippen LogP contribution in [0.2, 0.25) is 0 Å². The summed E-state index contributed by atoms with van der Waals surface area (Å²) in [6, 6.07) is 0.114. The van der Waals surface area contributed by atoms with Gasteiger partial charge in [0, 0.05) is 5.92 Å². The lowest BCUT2D eigenvalue weighted by atomic mass is 10.2. The minimum atomic E-state index is -0.145. The Bertz CT molecular complexity index is 139. The van der Waals surface area contributed by atoms with Crippen LogP contribution >= 0.6 is 0 Å². The SMILES string of the molecule is CC(C)N=NC(=O)C(C)C. The summed E-state index contributed by atoms with van der Waals surface area (Å²) in [5.41, 5.74) is 0. The molecular weight excluding hydrogens is 128 g/mol. The summed E-state index contributed by atoms with van der Waals surface area (Å²) in [4.78, 5) is 10.8. The highest BCUT2D eigenvalue weighted by Crippen LogP contribution is 1.97. The Morgan fingerprint density at radius 3 is 2.00 bits per heavy atom. The Kier molecular flexibility index (Phi) is 3.84. The van der Waals surface area contributed by atoms with Gasteiger partial charge >= 0.3 is 0 Å². The molecule has 1 amide bonds. The van der Waals surface area contributed by atoms with E-state index in [2.05, 4.69) is 10.2 Å². The molecule has 0 aromatic rings. The quantitative estimate of drug-likeness (QED) is 0.544. The van der Waals surface area contributed by atoms with Crippen LogP contribution in [0.4, 0.5) is 0 Å². The van der Waals surface area contributed by atoms with E-state index < -0.39 is 0 Å². The standard InChI is InChI=1S/C7H14N2O/c1-5(2)7(10)9-8-6(3)4/h5-6H,1-4H3. The average molecular weight is 142 g/mol. The summed E-state index contributed by atoms with van der Waals surface area (Å²) < 4.78 is 0. The van der Waals surface area contributed by atoms with Gasteiger partial charge in [0.05, 0.1) is 6.04 Å². The molecule has 0 aliphatic heterocycles. The molecule has 0 aromatic heterocycles. The highest BCUT2D eigenvalue weighted by atomic mass is 16.1. The summed E-state index contributed by atoms with van der Waals surface area (Å²) in [5.74, 6) is -0.184. The fourth-order valence-electron chi connectivity index (χ4n) is 0.288. The van der Waals surface area contributed by atoms with Crippen molar-refractivity contribution in [2.24, 2.45) is 16.1 Å². The molecule has 0 aromatic carbocycles. The number of hydrogen-bond acceptors (Lipinski definition) is 2. The number of nitrogens with zero attached hydrogens (tertiary/aromatic N) is 2. The minimum absolute atomic E-state index is 0.0394. The van der Waals surface area contributed by atoms with Gasteiger partial charge in [0.1, 0.15) is 0 Å². The molecule has 58 valence electrons. The van der Waals surface area contributed by atoms with E-state index in [0.717, 1.165) is 0 Å². The molecule has 0 rings (SSSR count). The molecule has 0 spiro atoms. The van der Waals surface area contributed by atoms with Gasteiger partial charge in [-0.3, -0.25) is 4.79 Å². The van der Waals surface area contributed by atoms with E-state index in [-0.39, 0.29) is 17.9 Å². The van der Waals surface area contributed by atoms with Crippen molar-refractivity contribution in [1.82, 2.24) is 0 Å². The number of carbonyl (C=O) groups is 1. The van der Waals surface area contributed by atoms with Gasteiger partial charge in [0.25, 0.3) is 5.91 Å². The van der Waals surface area contributed by atoms with E-state index in [1.807, 2.05) is 27.7 Å². The van der Waals surface area contributed by atoms with Crippen molar-refractivity contribution in [1.29, 1.82) is 0 Å². The van der Waals surface area contributed by atoms with Crippen LogP contribution in [0.15, 0.2) is 10.2 Å². The number of hydrogen-bond donors (Lipinski definition) is 0. The molecule has 0 saturated heterocycles. The molecule has 0 aliphatic carbocycles. The van der Waals surface area contributed by atoms with Crippen molar-refractivity contribution in [2.75, 3.05) is 0 Å². The minimum Gasteiger partial charge on any atom is -0.271 e. The largest absolute Gasteiger partial charge is 0.271 e. The summed E-state index contributed by atoms with van der Waals surface area (Å²) in [5, 5.41) is 7.23. The molecule has 3 heteroatoms. The Labute approximate surface area is 61.5 Å². The smallest absolute Gasteiger partial charge is 0.266 e. The first-order valence-electron chi connectivity index (χ1n) is 3.48. The van der Waals surface area contributed by atoms with E-state index >= 15 is 0 Å². The van der Waals surface area contributed by atoms with E-state index in [1.54, 1.807) is 0 Å². The van der Waals surface area contributed by atoms with Crippen LogP contribution in [-0.4, -0.2) is 11.9 Å². The van der Waals surface area contributed by atoms with Gasteiger partial charge in [0.15, 0.2) is 0 Å². The van der Waals surface area contributed by atoms with Crippen molar-refractivity contribution in [3.05, 3.63) is 0 Å². The number of azo groups is 1. The maximum atomic E-state index is 10.8. The molecular formula is C7H14N2O. The zero-order valence-corrected chi connectivity index (χ0v) is 6.96. The Morgan fingerprint density at radius 2 is 1.70 bits per heavy atom. The third-order valence-corrected chi connectivity index (χ3v) is 0.881. The van der Waals surface area contributed by atoms with Gasteiger partial charge in [-0.25, -0.2) is 0 Å². The molecule has 0 unspecified atom stereocenters. The van der Waals surface area contributed by atoms with E-state index in [1.165, 1.54) is 0 Å². The Balaban J connectivity index is 3.79. The lowest BCUT2D eigenvalue weighted by Gasteiger charge is -1.95. The Morgan fingerprint density at radius 1 is 1.20 bits per heavy atom. The maximum Gasteiger partial charge on any atom is 0.266 e.